The summed E-state index contributed by atoms with van der Waals surface area (Å²) in [5.74, 6) is 0. The van der Waals surface area contributed by atoms with Crippen LogP contribution in [-0.4, -0.2) is 56.9 Å². The average Bonchev–Trinajstić information content (AvgIpc) is 2.21. The topological polar surface area (TPSA) is 30.5 Å². The van der Waals surface area contributed by atoms with E-state index in [1.54, 1.807) is 0 Å². The molecule has 0 amide bonds. The molecule has 2 aliphatic rings. The average molecular weight is 198 g/mol. The van der Waals surface area contributed by atoms with Crippen LogP contribution in [0.5, 0.6) is 0 Å². The molecule has 0 aromatic carbocycles. The van der Waals surface area contributed by atoms with Crippen LogP contribution in [-0.2, 0) is 0 Å². The largest absolute Gasteiger partial charge is 0.379 e. The van der Waals surface area contributed by atoms with Crippen LogP contribution < -0.4 is 10.6 Å². The van der Waals surface area contributed by atoms with Crippen LogP contribution in [0.2, 0.25) is 0 Å². The molecule has 0 saturated carbocycles. The molecule has 0 bridgehead atoms. The lowest BCUT2D eigenvalue weighted by molar-refractivity contribution is 0.133. The van der Waals surface area contributed by atoms with Crippen LogP contribution in [0.4, 0.5) is 0 Å². The Hall–Kier alpha value is -0.580. The highest BCUT2D eigenvalue weighted by Crippen LogP contribution is 1.98. The molecule has 14 heavy (non-hydrogen) atoms. The van der Waals surface area contributed by atoms with Crippen LogP contribution in [0.3, 0.4) is 0 Å². The molecule has 2 rings (SSSR count). The minimum absolute atomic E-state index is 0.913. The summed E-state index contributed by atoms with van der Waals surface area (Å²) in [4.78, 5) is 4.67. The van der Waals surface area contributed by atoms with Crippen LogP contribution in [0.25, 0.3) is 0 Å². The lowest BCUT2D eigenvalue weighted by atomic mass is 10.3. The van der Waals surface area contributed by atoms with E-state index < -0.39 is 0 Å². The van der Waals surface area contributed by atoms with Gasteiger partial charge in [0.15, 0.2) is 0 Å². The van der Waals surface area contributed by atoms with Crippen molar-refractivity contribution in [3.05, 3.63) is 12.3 Å². The van der Waals surface area contributed by atoms with Crippen molar-refractivity contribution in [2.45, 2.75) is 6.42 Å². The van der Waals surface area contributed by atoms with Gasteiger partial charge in [-0.05, 0) is 26.7 Å². The van der Waals surface area contributed by atoms with E-state index >= 15 is 0 Å². The fourth-order valence-corrected chi connectivity index (χ4v) is 1.59. The predicted molar refractivity (Wildman–Crippen MR) is 59.9 cm³/mol. The van der Waals surface area contributed by atoms with E-state index in [1.807, 2.05) is 12.3 Å². The Bertz CT molecular complexity index is 154. The van der Waals surface area contributed by atoms with Gasteiger partial charge in [-0.15, -0.1) is 0 Å². The summed E-state index contributed by atoms with van der Waals surface area (Å²) in [6, 6.07) is 0. The van der Waals surface area contributed by atoms with Gasteiger partial charge in [-0.1, -0.05) is 6.08 Å². The predicted octanol–water partition coefficient (Wildman–Crippen LogP) is -0.138. The second-order valence-electron chi connectivity index (χ2n) is 3.89. The third-order valence-electron chi connectivity index (χ3n) is 2.29. The third-order valence-corrected chi connectivity index (χ3v) is 2.29. The Morgan fingerprint density at radius 1 is 1.14 bits per heavy atom. The highest BCUT2D eigenvalue weighted by Gasteiger charge is 2.08. The quantitative estimate of drug-likeness (QED) is 0.567. The van der Waals surface area contributed by atoms with Crippen LogP contribution in [0, 0.1) is 0 Å². The summed E-state index contributed by atoms with van der Waals surface area (Å²) in [5.41, 5.74) is 0. The standard InChI is InChI=1S/C6H14N2.C4H8N2/c1-7-4-3-5-8(2)6-7;1-2-5-4-6-3-1/h3-6H2,1-2H3;1-2,5-6H,3-4H2. The Kier molecular flexibility index (Phi) is 5.59. The Morgan fingerprint density at radius 3 is 2.07 bits per heavy atom. The first-order valence-corrected chi connectivity index (χ1v) is 5.25. The summed E-state index contributed by atoms with van der Waals surface area (Å²) in [7, 11) is 4.32. The van der Waals surface area contributed by atoms with Crippen molar-refractivity contribution in [1.29, 1.82) is 0 Å². The molecule has 82 valence electrons. The number of hydrogen-bond donors (Lipinski definition) is 2. The zero-order chi connectivity index (χ0) is 10.2. The van der Waals surface area contributed by atoms with Crippen molar-refractivity contribution >= 4 is 0 Å². The normalized spacial score (nSPS) is 23.6. The lowest BCUT2D eigenvalue weighted by Crippen LogP contribution is -2.40. The van der Waals surface area contributed by atoms with Gasteiger partial charge in [0, 0.05) is 19.6 Å². The van der Waals surface area contributed by atoms with Gasteiger partial charge < -0.3 is 5.32 Å². The number of rotatable bonds is 0. The van der Waals surface area contributed by atoms with Crippen molar-refractivity contribution in [3.63, 3.8) is 0 Å². The van der Waals surface area contributed by atoms with E-state index in [-0.39, 0.29) is 0 Å². The molecule has 0 unspecified atom stereocenters. The van der Waals surface area contributed by atoms with Gasteiger partial charge in [0.25, 0.3) is 0 Å². The maximum Gasteiger partial charge on any atom is 0.0650 e. The first-order valence-electron chi connectivity index (χ1n) is 5.25. The van der Waals surface area contributed by atoms with Gasteiger partial charge in [0.1, 0.15) is 0 Å². The molecule has 4 nitrogen and oxygen atoms in total. The Labute approximate surface area is 86.9 Å². The zero-order valence-corrected chi connectivity index (χ0v) is 9.29. The maximum atomic E-state index is 3.09. The second-order valence-corrected chi connectivity index (χ2v) is 3.89. The van der Waals surface area contributed by atoms with Crippen LogP contribution in [0.1, 0.15) is 6.42 Å². The molecule has 2 N–H and O–H groups in total. The van der Waals surface area contributed by atoms with E-state index in [0.29, 0.717) is 0 Å². The highest BCUT2D eigenvalue weighted by molar-refractivity contribution is 4.84. The monoisotopic (exact) mass is 198 g/mol. The molecule has 1 saturated heterocycles. The first-order chi connectivity index (χ1) is 6.79. The van der Waals surface area contributed by atoms with Gasteiger partial charge in [0.2, 0.25) is 0 Å². The molecule has 2 aliphatic heterocycles. The number of hydrogen-bond acceptors (Lipinski definition) is 4. The molecule has 0 atom stereocenters. The van der Waals surface area contributed by atoms with Gasteiger partial charge in [-0.3, -0.25) is 15.1 Å². The van der Waals surface area contributed by atoms with Crippen molar-refractivity contribution in [3.8, 4) is 0 Å². The van der Waals surface area contributed by atoms with Gasteiger partial charge in [0.05, 0.1) is 13.3 Å². The molecule has 0 spiro atoms. The SMILES string of the molecule is C1=CNCNC1.CN1CCCN(C)C1. The molecule has 0 radical (unpaired) electrons. The smallest absolute Gasteiger partial charge is 0.0650 e. The van der Waals surface area contributed by atoms with E-state index in [9.17, 15) is 0 Å². The summed E-state index contributed by atoms with van der Waals surface area (Å²) < 4.78 is 0. The van der Waals surface area contributed by atoms with Crippen LogP contribution >= 0.6 is 0 Å². The Morgan fingerprint density at radius 2 is 1.86 bits per heavy atom. The number of nitrogens with one attached hydrogen (secondary N) is 2. The molecule has 0 aromatic heterocycles. The molecule has 2 heterocycles. The van der Waals surface area contributed by atoms with Crippen molar-refractivity contribution in [2.75, 3.05) is 47.1 Å². The van der Waals surface area contributed by atoms with Crippen molar-refractivity contribution in [1.82, 2.24) is 20.4 Å². The minimum atomic E-state index is 0.913. The fourth-order valence-electron chi connectivity index (χ4n) is 1.59. The first kappa shape index (κ1) is 11.5. The van der Waals surface area contributed by atoms with E-state index in [0.717, 1.165) is 19.9 Å². The van der Waals surface area contributed by atoms with Gasteiger partial charge in [-0.25, -0.2) is 0 Å². The molecular weight excluding hydrogens is 176 g/mol. The molecule has 0 aliphatic carbocycles. The Balaban J connectivity index is 0.000000146. The highest BCUT2D eigenvalue weighted by atomic mass is 15.3. The van der Waals surface area contributed by atoms with Gasteiger partial charge in [-0.2, -0.15) is 0 Å². The van der Waals surface area contributed by atoms with E-state index in [1.165, 1.54) is 19.5 Å². The minimum Gasteiger partial charge on any atom is -0.379 e. The molecule has 4 heteroatoms. The van der Waals surface area contributed by atoms with Crippen LogP contribution in [0.15, 0.2) is 12.3 Å². The van der Waals surface area contributed by atoms with Crippen molar-refractivity contribution in [2.24, 2.45) is 0 Å². The fraction of sp³-hybridized carbons (Fsp3) is 0.800. The van der Waals surface area contributed by atoms with Crippen molar-refractivity contribution < 1.29 is 0 Å². The maximum absolute atomic E-state index is 3.09. The molecular formula is C10H22N4. The van der Waals surface area contributed by atoms with E-state index in [2.05, 4.69) is 34.5 Å². The summed E-state index contributed by atoms with van der Waals surface area (Å²) in [6.07, 6.45) is 5.33. The van der Waals surface area contributed by atoms with E-state index in [4.69, 9.17) is 0 Å². The second kappa shape index (κ2) is 6.81. The lowest BCUT2D eigenvalue weighted by Gasteiger charge is -2.29. The zero-order valence-electron chi connectivity index (χ0n) is 9.29. The third kappa shape index (κ3) is 5.21. The summed E-state index contributed by atoms with van der Waals surface area (Å²) in [5, 5.41) is 6.08. The molecule has 1 fully saturated rings. The summed E-state index contributed by atoms with van der Waals surface area (Å²) in [6.45, 7) is 5.60. The number of nitrogens with zero attached hydrogens (tertiary/aromatic N) is 2. The van der Waals surface area contributed by atoms with Gasteiger partial charge >= 0.3 is 0 Å². The molecule has 0 aromatic rings. The summed E-state index contributed by atoms with van der Waals surface area (Å²) >= 11 is 0.